The molecule has 9 nitrogen and oxygen atoms in total. The quantitative estimate of drug-likeness (QED) is 0.310. The summed E-state index contributed by atoms with van der Waals surface area (Å²) in [6, 6.07) is 16.8. The van der Waals surface area contributed by atoms with Crippen molar-refractivity contribution in [1.82, 2.24) is 0 Å². The topological polar surface area (TPSA) is 98.8 Å². The summed E-state index contributed by atoms with van der Waals surface area (Å²) in [5.74, 6) is 0.0382. The number of carbonyl (C=O) groups excluding carboxylic acids is 2. The van der Waals surface area contributed by atoms with Gasteiger partial charge in [0.15, 0.2) is 23.0 Å². The standard InChI is InChI=1S/C31H28O9/c1-34-24-11-18(12-25(35-2)30(24)36-3)27-19-13-22-23(39-16-38-22)14-20(19)29(21-15-37-31(33)28(21)27)40-26(32)10-9-17-7-5-4-6-8-17/h4-14,21,27-29H,15-16H2,1-3H3/b10-9+/t21-,27+,28-,29-/m0/s1. The Balaban J connectivity index is 1.46. The van der Waals surface area contributed by atoms with Crippen LogP contribution in [0.2, 0.25) is 0 Å². The molecule has 1 fully saturated rings. The highest BCUT2D eigenvalue weighted by Gasteiger charge is 2.54. The molecule has 206 valence electrons. The van der Waals surface area contributed by atoms with Gasteiger partial charge < -0.3 is 33.2 Å². The number of hydrogen-bond donors (Lipinski definition) is 0. The highest BCUT2D eigenvalue weighted by atomic mass is 16.7. The van der Waals surface area contributed by atoms with Crippen LogP contribution in [0.3, 0.4) is 0 Å². The summed E-state index contributed by atoms with van der Waals surface area (Å²) < 4.78 is 39.7. The van der Waals surface area contributed by atoms with Gasteiger partial charge in [0.1, 0.15) is 6.10 Å². The predicted octanol–water partition coefficient (Wildman–Crippen LogP) is 4.67. The Bertz CT molecular complexity index is 1450. The van der Waals surface area contributed by atoms with E-state index in [0.717, 1.165) is 22.3 Å². The van der Waals surface area contributed by atoms with E-state index < -0.39 is 29.8 Å². The van der Waals surface area contributed by atoms with Crippen molar-refractivity contribution >= 4 is 18.0 Å². The molecule has 0 radical (unpaired) electrons. The Labute approximate surface area is 231 Å². The van der Waals surface area contributed by atoms with Gasteiger partial charge in [-0.15, -0.1) is 0 Å². The fraction of sp³-hybridized carbons (Fsp3) is 0.290. The Morgan fingerprint density at radius 1 is 0.875 bits per heavy atom. The highest BCUT2D eigenvalue weighted by Crippen LogP contribution is 2.56. The zero-order valence-electron chi connectivity index (χ0n) is 22.2. The summed E-state index contributed by atoms with van der Waals surface area (Å²) in [6.07, 6.45) is 2.34. The number of carbonyl (C=O) groups is 2. The zero-order valence-corrected chi connectivity index (χ0v) is 22.2. The van der Waals surface area contributed by atoms with E-state index in [2.05, 4.69) is 0 Å². The molecule has 1 aliphatic carbocycles. The van der Waals surface area contributed by atoms with Gasteiger partial charge in [0, 0.05) is 23.5 Å². The van der Waals surface area contributed by atoms with Gasteiger partial charge in [-0.2, -0.15) is 0 Å². The van der Waals surface area contributed by atoms with Crippen LogP contribution < -0.4 is 23.7 Å². The van der Waals surface area contributed by atoms with Crippen LogP contribution in [-0.2, 0) is 19.1 Å². The number of hydrogen-bond acceptors (Lipinski definition) is 9. The normalized spacial score (nSPS) is 22.3. The van der Waals surface area contributed by atoms with Gasteiger partial charge >= 0.3 is 11.9 Å². The van der Waals surface area contributed by atoms with Crippen LogP contribution in [-0.4, -0.2) is 46.7 Å². The van der Waals surface area contributed by atoms with Crippen LogP contribution in [0, 0.1) is 11.8 Å². The first-order chi connectivity index (χ1) is 19.5. The van der Waals surface area contributed by atoms with Crippen LogP contribution in [0.15, 0.2) is 60.7 Å². The molecule has 3 aromatic carbocycles. The van der Waals surface area contributed by atoms with E-state index in [4.69, 9.17) is 33.2 Å². The molecule has 1 saturated heterocycles. The third-order valence-corrected chi connectivity index (χ3v) is 7.62. The largest absolute Gasteiger partial charge is 0.493 e. The summed E-state index contributed by atoms with van der Waals surface area (Å²) in [4.78, 5) is 26.3. The molecule has 0 aromatic heterocycles. The van der Waals surface area contributed by atoms with E-state index in [-0.39, 0.29) is 19.4 Å². The minimum absolute atomic E-state index is 0.0756. The second kappa shape index (κ2) is 10.5. The van der Waals surface area contributed by atoms with Crippen molar-refractivity contribution in [3.8, 4) is 28.7 Å². The van der Waals surface area contributed by atoms with E-state index in [9.17, 15) is 9.59 Å². The molecule has 4 atom stereocenters. The summed E-state index contributed by atoms with van der Waals surface area (Å²) in [5, 5.41) is 0. The molecular formula is C31H28O9. The molecule has 40 heavy (non-hydrogen) atoms. The summed E-state index contributed by atoms with van der Waals surface area (Å²) in [5.41, 5.74) is 3.12. The molecule has 0 saturated carbocycles. The number of cyclic esters (lactones) is 1. The fourth-order valence-electron chi connectivity index (χ4n) is 5.84. The zero-order chi connectivity index (χ0) is 27.8. The number of esters is 2. The molecule has 0 amide bonds. The maximum Gasteiger partial charge on any atom is 0.331 e. The van der Waals surface area contributed by atoms with Crippen molar-refractivity contribution in [2.75, 3.05) is 34.7 Å². The Morgan fingerprint density at radius 2 is 1.55 bits per heavy atom. The van der Waals surface area contributed by atoms with Gasteiger partial charge in [0.25, 0.3) is 0 Å². The van der Waals surface area contributed by atoms with Crippen molar-refractivity contribution in [2.45, 2.75) is 12.0 Å². The van der Waals surface area contributed by atoms with Gasteiger partial charge in [-0.1, -0.05) is 30.3 Å². The highest BCUT2D eigenvalue weighted by molar-refractivity contribution is 5.87. The van der Waals surface area contributed by atoms with E-state index in [0.29, 0.717) is 28.7 Å². The van der Waals surface area contributed by atoms with E-state index in [1.165, 1.54) is 13.2 Å². The lowest BCUT2D eigenvalue weighted by atomic mass is 9.66. The number of rotatable bonds is 7. The minimum Gasteiger partial charge on any atom is -0.493 e. The van der Waals surface area contributed by atoms with Crippen LogP contribution >= 0.6 is 0 Å². The second-order valence-electron chi connectivity index (χ2n) is 9.69. The maximum absolute atomic E-state index is 13.3. The van der Waals surface area contributed by atoms with Gasteiger partial charge in [0.05, 0.1) is 33.9 Å². The lowest BCUT2D eigenvalue weighted by Crippen LogP contribution is -2.36. The van der Waals surface area contributed by atoms with Crippen LogP contribution in [0.25, 0.3) is 6.08 Å². The van der Waals surface area contributed by atoms with E-state index >= 15 is 0 Å². The molecule has 3 aromatic rings. The number of fused-ring (bicyclic) bond motifs is 3. The van der Waals surface area contributed by atoms with E-state index in [1.54, 1.807) is 20.3 Å². The fourth-order valence-corrected chi connectivity index (χ4v) is 5.84. The first-order valence-corrected chi connectivity index (χ1v) is 12.9. The van der Waals surface area contributed by atoms with Gasteiger partial charge in [-0.25, -0.2) is 4.79 Å². The molecule has 2 aliphatic heterocycles. The molecule has 2 heterocycles. The molecule has 0 bridgehead atoms. The molecule has 0 unspecified atom stereocenters. The van der Waals surface area contributed by atoms with Crippen LogP contribution in [0.1, 0.15) is 34.3 Å². The summed E-state index contributed by atoms with van der Waals surface area (Å²) in [6.45, 7) is 0.185. The predicted molar refractivity (Wildman–Crippen MR) is 143 cm³/mol. The summed E-state index contributed by atoms with van der Waals surface area (Å²) >= 11 is 0. The minimum atomic E-state index is -0.743. The average molecular weight is 545 g/mol. The lowest BCUT2D eigenvalue weighted by Gasteiger charge is -2.38. The first kappa shape index (κ1) is 25.6. The lowest BCUT2D eigenvalue weighted by molar-refractivity contribution is -0.148. The SMILES string of the molecule is COc1cc([C@@H]2c3cc4c(cc3[C@H](OC(=O)/C=C/c3ccccc3)[C@H]3COC(=O)[C@H]23)OCO4)cc(OC)c1OC. The van der Waals surface area contributed by atoms with E-state index in [1.807, 2.05) is 54.6 Å². The average Bonchev–Trinajstić information content (AvgIpc) is 3.61. The molecule has 0 N–H and O–H groups in total. The van der Waals surface area contributed by atoms with Crippen LogP contribution in [0.4, 0.5) is 0 Å². The number of ether oxygens (including phenoxy) is 7. The number of benzene rings is 3. The van der Waals surface area contributed by atoms with Crippen molar-refractivity contribution in [3.05, 3.63) is 82.9 Å². The Morgan fingerprint density at radius 3 is 2.20 bits per heavy atom. The maximum atomic E-state index is 13.3. The van der Waals surface area contributed by atoms with Crippen LogP contribution in [0.5, 0.6) is 28.7 Å². The third kappa shape index (κ3) is 4.37. The van der Waals surface area contributed by atoms with Gasteiger partial charge in [0.2, 0.25) is 12.5 Å². The number of methoxy groups -OCH3 is 3. The Hall–Kier alpha value is -4.66. The van der Waals surface area contributed by atoms with Crippen molar-refractivity contribution in [1.29, 1.82) is 0 Å². The van der Waals surface area contributed by atoms with Crippen molar-refractivity contribution in [2.24, 2.45) is 11.8 Å². The molecule has 9 heteroatoms. The monoisotopic (exact) mass is 544 g/mol. The molecule has 3 aliphatic rings. The Kier molecular flexibility index (Phi) is 6.71. The second-order valence-corrected chi connectivity index (χ2v) is 9.69. The van der Waals surface area contributed by atoms with Crippen molar-refractivity contribution < 1.29 is 42.7 Å². The first-order valence-electron chi connectivity index (χ1n) is 12.9. The van der Waals surface area contributed by atoms with Crippen molar-refractivity contribution in [3.63, 3.8) is 0 Å². The molecule has 0 spiro atoms. The third-order valence-electron chi connectivity index (χ3n) is 7.62. The molecular weight excluding hydrogens is 516 g/mol. The molecule has 6 rings (SSSR count). The summed E-state index contributed by atoms with van der Waals surface area (Å²) in [7, 11) is 4.62. The smallest absolute Gasteiger partial charge is 0.331 e. The van der Waals surface area contributed by atoms with Gasteiger partial charge in [-0.3, -0.25) is 4.79 Å². The van der Waals surface area contributed by atoms with Gasteiger partial charge in [-0.05, 0) is 47.0 Å².